The Kier molecular flexibility index (Phi) is 4.69. The lowest BCUT2D eigenvalue weighted by Crippen LogP contribution is -2.18. The lowest BCUT2D eigenvalue weighted by Gasteiger charge is -2.12. The molecule has 0 saturated carbocycles. The van der Waals surface area contributed by atoms with Gasteiger partial charge in [-0.3, -0.25) is 4.79 Å². The van der Waals surface area contributed by atoms with E-state index < -0.39 is 5.97 Å². The van der Waals surface area contributed by atoms with Crippen LogP contribution in [0.15, 0.2) is 23.7 Å². The fourth-order valence-electron chi connectivity index (χ4n) is 1.90. The highest BCUT2D eigenvalue weighted by molar-refractivity contribution is 7.12. The molecule has 0 aliphatic rings. The molecule has 1 amide bonds. The van der Waals surface area contributed by atoms with E-state index in [9.17, 15) is 9.59 Å². The zero-order valence-electron chi connectivity index (χ0n) is 11.8. The second kappa shape index (κ2) is 6.32. The molecule has 112 valence electrons. The third-order valence-corrected chi connectivity index (χ3v) is 3.99. The summed E-state index contributed by atoms with van der Waals surface area (Å²) in [7, 11) is 1.30. The van der Waals surface area contributed by atoms with Crippen molar-refractivity contribution < 1.29 is 14.3 Å². The summed E-state index contributed by atoms with van der Waals surface area (Å²) < 4.78 is 6.46. The molecule has 5 nitrogen and oxygen atoms in total. The Morgan fingerprint density at radius 3 is 2.76 bits per heavy atom. The number of hydrogen-bond acceptors (Lipinski definition) is 4. The number of nitrogens with zero attached hydrogens (tertiary/aromatic N) is 1. The van der Waals surface area contributed by atoms with E-state index in [4.69, 9.17) is 11.6 Å². The van der Waals surface area contributed by atoms with Crippen molar-refractivity contribution in [2.45, 2.75) is 19.9 Å². The maximum absolute atomic E-state index is 12.4. The first-order valence-corrected chi connectivity index (χ1v) is 7.54. The smallest absolute Gasteiger partial charge is 0.350 e. The Morgan fingerprint density at radius 1 is 1.43 bits per heavy atom. The third kappa shape index (κ3) is 3.28. The van der Waals surface area contributed by atoms with Gasteiger partial charge in [-0.1, -0.05) is 11.6 Å². The normalized spacial score (nSPS) is 10.7. The van der Waals surface area contributed by atoms with Gasteiger partial charge in [0.15, 0.2) is 0 Å². The van der Waals surface area contributed by atoms with Crippen LogP contribution < -0.4 is 5.32 Å². The SMILES string of the molecule is COC(=O)c1sccc1NC(=O)c1cc(Cl)cn1C(C)C. The van der Waals surface area contributed by atoms with Crippen LogP contribution in [0.1, 0.15) is 40.0 Å². The average Bonchev–Trinajstić information content (AvgIpc) is 3.04. The van der Waals surface area contributed by atoms with Gasteiger partial charge in [-0.05, 0) is 31.4 Å². The monoisotopic (exact) mass is 326 g/mol. The molecule has 21 heavy (non-hydrogen) atoms. The van der Waals surface area contributed by atoms with Crippen LogP contribution in [0.2, 0.25) is 5.02 Å². The molecule has 2 heterocycles. The molecule has 0 bridgehead atoms. The fourth-order valence-corrected chi connectivity index (χ4v) is 2.87. The molecule has 0 radical (unpaired) electrons. The predicted octanol–water partition coefficient (Wildman–Crippen LogP) is 3.82. The summed E-state index contributed by atoms with van der Waals surface area (Å²) in [5, 5.41) is 4.93. The van der Waals surface area contributed by atoms with Crippen LogP contribution in [0, 0.1) is 0 Å². The lowest BCUT2D eigenvalue weighted by atomic mass is 10.3. The van der Waals surface area contributed by atoms with Crippen molar-refractivity contribution in [2.24, 2.45) is 0 Å². The third-order valence-electron chi connectivity index (χ3n) is 2.89. The van der Waals surface area contributed by atoms with Crippen LogP contribution >= 0.6 is 22.9 Å². The molecule has 0 unspecified atom stereocenters. The van der Waals surface area contributed by atoms with Gasteiger partial charge in [0.05, 0.1) is 17.8 Å². The molecule has 0 aromatic carbocycles. The van der Waals surface area contributed by atoms with Gasteiger partial charge in [0, 0.05) is 12.2 Å². The number of amides is 1. The van der Waals surface area contributed by atoms with Crippen LogP contribution in [0.4, 0.5) is 5.69 Å². The fraction of sp³-hybridized carbons (Fsp3) is 0.286. The number of nitrogens with one attached hydrogen (secondary N) is 1. The number of anilines is 1. The van der Waals surface area contributed by atoms with Gasteiger partial charge in [-0.2, -0.15) is 0 Å². The first kappa shape index (κ1) is 15.6. The molecule has 0 saturated heterocycles. The molecule has 1 N–H and O–H groups in total. The minimum atomic E-state index is -0.474. The van der Waals surface area contributed by atoms with Crippen molar-refractivity contribution >= 4 is 40.5 Å². The van der Waals surface area contributed by atoms with E-state index in [-0.39, 0.29) is 11.9 Å². The number of rotatable bonds is 4. The molecule has 0 aliphatic heterocycles. The summed E-state index contributed by atoms with van der Waals surface area (Å²) in [5.74, 6) is -0.795. The van der Waals surface area contributed by atoms with Gasteiger partial charge in [-0.15, -0.1) is 11.3 Å². The Bertz CT molecular complexity index is 676. The van der Waals surface area contributed by atoms with Crippen molar-refractivity contribution in [3.63, 3.8) is 0 Å². The van der Waals surface area contributed by atoms with E-state index in [1.807, 2.05) is 13.8 Å². The highest BCUT2D eigenvalue weighted by Crippen LogP contribution is 2.25. The summed E-state index contributed by atoms with van der Waals surface area (Å²) in [6.07, 6.45) is 1.70. The summed E-state index contributed by atoms with van der Waals surface area (Å²) in [6.45, 7) is 3.91. The van der Waals surface area contributed by atoms with Crippen LogP contribution in [0.3, 0.4) is 0 Å². The van der Waals surface area contributed by atoms with Crippen molar-refractivity contribution in [3.05, 3.63) is 39.3 Å². The Morgan fingerprint density at radius 2 is 2.14 bits per heavy atom. The van der Waals surface area contributed by atoms with Crippen molar-refractivity contribution in [1.29, 1.82) is 0 Å². The number of aromatic nitrogens is 1. The zero-order valence-corrected chi connectivity index (χ0v) is 13.4. The van der Waals surface area contributed by atoms with Gasteiger partial charge in [0.25, 0.3) is 5.91 Å². The first-order chi connectivity index (χ1) is 9.93. The average molecular weight is 327 g/mol. The summed E-state index contributed by atoms with van der Waals surface area (Å²) in [4.78, 5) is 24.3. The Balaban J connectivity index is 2.27. The molecule has 7 heteroatoms. The molecule has 2 rings (SSSR count). The number of hydrogen-bond donors (Lipinski definition) is 1. The van der Waals surface area contributed by atoms with Crippen LogP contribution in [0.25, 0.3) is 0 Å². The highest BCUT2D eigenvalue weighted by atomic mass is 35.5. The van der Waals surface area contributed by atoms with Crippen LogP contribution in [-0.2, 0) is 4.74 Å². The number of halogens is 1. The lowest BCUT2D eigenvalue weighted by molar-refractivity contribution is 0.0607. The van der Waals surface area contributed by atoms with Gasteiger partial charge in [-0.25, -0.2) is 4.79 Å². The highest BCUT2D eigenvalue weighted by Gasteiger charge is 2.19. The number of carbonyl (C=O) groups excluding carboxylic acids is 2. The minimum Gasteiger partial charge on any atom is -0.465 e. The standard InChI is InChI=1S/C14H15ClN2O3S/c1-8(2)17-7-9(15)6-11(17)13(18)16-10-4-5-21-12(10)14(19)20-3/h4-8H,1-3H3,(H,16,18). The van der Waals surface area contributed by atoms with Crippen molar-refractivity contribution in [1.82, 2.24) is 4.57 Å². The molecule has 0 spiro atoms. The quantitative estimate of drug-likeness (QED) is 0.869. The van der Waals surface area contributed by atoms with E-state index in [0.29, 0.717) is 21.3 Å². The van der Waals surface area contributed by atoms with Gasteiger partial charge < -0.3 is 14.6 Å². The summed E-state index contributed by atoms with van der Waals surface area (Å²) >= 11 is 7.18. The number of carbonyl (C=O) groups is 2. The Hall–Kier alpha value is -1.79. The van der Waals surface area contributed by atoms with E-state index in [1.165, 1.54) is 18.4 Å². The molecule has 2 aromatic rings. The molecular weight excluding hydrogens is 312 g/mol. The van der Waals surface area contributed by atoms with Gasteiger partial charge in [0.1, 0.15) is 10.6 Å². The number of esters is 1. The predicted molar refractivity (Wildman–Crippen MR) is 83.4 cm³/mol. The number of methoxy groups -OCH3 is 1. The number of ether oxygens (including phenoxy) is 1. The molecule has 0 aliphatic carbocycles. The van der Waals surface area contributed by atoms with E-state index in [0.717, 1.165) is 0 Å². The van der Waals surface area contributed by atoms with E-state index in [2.05, 4.69) is 10.1 Å². The summed E-state index contributed by atoms with van der Waals surface area (Å²) in [6, 6.07) is 3.36. The second-order valence-corrected chi connectivity index (χ2v) is 6.01. The maximum Gasteiger partial charge on any atom is 0.350 e. The molecule has 0 atom stereocenters. The Labute approximate surface area is 131 Å². The second-order valence-electron chi connectivity index (χ2n) is 4.65. The minimum absolute atomic E-state index is 0.0980. The largest absolute Gasteiger partial charge is 0.465 e. The zero-order chi connectivity index (χ0) is 15.6. The van der Waals surface area contributed by atoms with Gasteiger partial charge >= 0.3 is 5.97 Å². The molecule has 0 fully saturated rings. The topological polar surface area (TPSA) is 60.3 Å². The molecule has 2 aromatic heterocycles. The van der Waals surface area contributed by atoms with E-state index >= 15 is 0 Å². The van der Waals surface area contributed by atoms with Gasteiger partial charge in [0.2, 0.25) is 0 Å². The summed E-state index contributed by atoms with van der Waals surface area (Å²) in [5.41, 5.74) is 0.876. The van der Waals surface area contributed by atoms with Crippen LogP contribution in [-0.4, -0.2) is 23.6 Å². The van der Waals surface area contributed by atoms with E-state index in [1.54, 1.807) is 28.3 Å². The maximum atomic E-state index is 12.4. The van der Waals surface area contributed by atoms with Crippen LogP contribution in [0.5, 0.6) is 0 Å². The van der Waals surface area contributed by atoms with Crippen molar-refractivity contribution in [3.8, 4) is 0 Å². The number of thiophene rings is 1. The first-order valence-electron chi connectivity index (χ1n) is 6.28. The molecular formula is C14H15ClN2O3S. The van der Waals surface area contributed by atoms with Crippen molar-refractivity contribution in [2.75, 3.05) is 12.4 Å².